The molecule has 0 saturated carbocycles. The Kier molecular flexibility index (Phi) is 5.07. The van der Waals surface area contributed by atoms with Gasteiger partial charge in [0.05, 0.1) is 29.8 Å². The SMILES string of the molecule is Cc1c2c(nn1C)C(=O)N(c1ccc3[nH]cnc3c1)C2c1ccc(NCCC(F)(F)F)cc1F. The number of nitrogens with one attached hydrogen (secondary N) is 2. The predicted octanol–water partition coefficient (Wildman–Crippen LogP) is 4.86. The highest BCUT2D eigenvalue weighted by molar-refractivity contribution is 6.11. The van der Waals surface area contributed by atoms with Crippen molar-refractivity contribution in [2.75, 3.05) is 16.8 Å². The Bertz CT molecular complexity index is 1410. The summed E-state index contributed by atoms with van der Waals surface area (Å²) in [4.78, 5) is 22.1. The van der Waals surface area contributed by atoms with Gasteiger partial charge in [-0.1, -0.05) is 6.07 Å². The maximum atomic E-state index is 15.4. The van der Waals surface area contributed by atoms with E-state index in [4.69, 9.17) is 0 Å². The third kappa shape index (κ3) is 3.66. The zero-order valence-corrected chi connectivity index (χ0v) is 18.2. The number of imidazole rings is 1. The van der Waals surface area contributed by atoms with Crippen LogP contribution in [-0.2, 0) is 7.05 Å². The number of amides is 1. The quantitative estimate of drug-likeness (QED) is 0.407. The van der Waals surface area contributed by atoms with E-state index >= 15 is 4.39 Å². The number of nitrogens with zero attached hydrogens (tertiary/aromatic N) is 4. The van der Waals surface area contributed by atoms with E-state index in [1.54, 1.807) is 43.2 Å². The molecule has 3 heterocycles. The van der Waals surface area contributed by atoms with Crippen molar-refractivity contribution in [3.05, 3.63) is 71.1 Å². The van der Waals surface area contributed by atoms with Crippen LogP contribution in [-0.4, -0.2) is 38.4 Å². The molecule has 0 spiro atoms. The monoisotopic (exact) mass is 472 g/mol. The number of benzene rings is 2. The molecule has 0 aliphatic carbocycles. The largest absolute Gasteiger partial charge is 0.390 e. The summed E-state index contributed by atoms with van der Waals surface area (Å²) in [6.45, 7) is 1.43. The van der Waals surface area contributed by atoms with E-state index in [2.05, 4.69) is 20.4 Å². The Hall–Kier alpha value is -3.89. The first-order valence-corrected chi connectivity index (χ1v) is 10.5. The molecular weight excluding hydrogens is 452 g/mol. The summed E-state index contributed by atoms with van der Waals surface area (Å²) in [7, 11) is 1.71. The van der Waals surface area contributed by atoms with E-state index in [-0.39, 0.29) is 29.4 Å². The first-order chi connectivity index (χ1) is 16.1. The maximum absolute atomic E-state index is 15.4. The molecule has 1 amide bonds. The van der Waals surface area contributed by atoms with Crippen molar-refractivity contribution in [1.29, 1.82) is 0 Å². The molecule has 1 aliphatic heterocycles. The third-order valence-electron chi connectivity index (χ3n) is 6.05. The average Bonchev–Trinajstić information content (AvgIpc) is 3.42. The zero-order valence-electron chi connectivity index (χ0n) is 18.2. The van der Waals surface area contributed by atoms with Crippen LogP contribution < -0.4 is 10.2 Å². The summed E-state index contributed by atoms with van der Waals surface area (Å²) in [6.07, 6.45) is -3.79. The van der Waals surface area contributed by atoms with Crippen LogP contribution in [0.3, 0.4) is 0 Å². The summed E-state index contributed by atoms with van der Waals surface area (Å²) in [6, 6.07) is 8.63. The van der Waals surface area contributed by atoms with E-state index in [0.717, 1.165) is 11.6 Å². The molecule has 2 N–H and O–H groups in total. The minimum absolute atomic E-state index is 0.215. The summed E-state index contributed by atoms with van der Waals surface area (Å²) in [5.74, 6) is -1.01. The summed E-state index contributed by atoms with van der Waals surface area (Å²) < 4.78 is 54.3. The summed E-state index contributed by atoms with van der Waals surface area (Å²) >= 11 is 0. The molecule has 2 aromatic carbocycles. The fourth-order valence-electron chi connectivity index (χ4n) is 4.31. The van der Waals surface area contributed by atoms with Gasteiger partial charge in [0.15, 0.2) is 5.69 Å². The summed E-state index contributed by atoms with van der Waals surface area (Å²) in [5.41, 5.74) is 3.94. The topological polar surface area (TPSA) is 78.8 Å². The number of carbonyl (C=O) groups excluding carboxylic acids is 1. The number of anilines is 2. The van der Waals surface area contributed by atoms with Gasteiger partial charge in [-0.3, -0.25) is 14.4 Å². The molecule has 2 aromatic heterocycles. The van der Waals surface area contributed by atoms with Crippen LogP contribution in [0.25, 0.3) is 11.0 Å². The Morgan fingerprint density at radius 1 is 1.18 bits per heavy atom. The molecule has 4 aromatic rings. The van der Waals surface area contributed by atoms with Gasteiger partial charge in [0, 0.05) is 41.8 Å². The van der Waals surface area contributed by atoms with E-state index in [9.17, 15) is 18.0 Å². The summed E-state index contributed by atoms with van der Waals surface area (Å²) in [5, 5.41) is 6.94. The molecule has 5 rings (SSSR count). The number of rotatable bonds is 5. The first kappa shape index (κ1) is 21.9. The van der Waals surface area contributed by atoms with E-state index < -0.39 is 24.5 Å². The van der Waals surface area contributed by atoms with Gasteiger partial charge in [0.1, 0.15) is 5.82 Å². The lowest BCUT2D eigenvalue weighted by Crippen LogP contribution is -2.30. The molecule has 0 radical (unpaired) electrons. The standard InChI is InChI=1S/C23H20F4N6O/c1-12-19-20(31-32(12)2)22(34)33(14-4-6-17-18(10-14)30-11-29-17)21(19)15-5-3-13(9-16(15)24)28-8-7-23(25,26)27/h3-6,9-11,21,28H,7-8H2,1-2H3,(H,29,30). The Morgan fingerprint density at radius 2 is 1.97 bits per heavy atom. The third-order valence-corrected chi connectivity index (χ3v) is 6.05. The lowest BCUT2D eigenvalue weighted by molar-refractivity contribution is -0.131. The molecule has 176 valence electrons. The van der Waals surface area contributed by atoms with Crippen LogP contribution in [0.2, 0.25) is 0 Å². The number of carbonyl (C=O) groups is 1. The number of aromatic amines is 1. The van der Waals surface area contributed by atoms with Crippen LogP contribution in [0, 0.1) is 12.7 Å². The van der Waals surface area contributed by atoms with Gasteiger partial charge in [0.2, 0.25) is 0 Å². The number of aryl methyl sites for hydroxylation is 1. The Balaban J connectivity index is 1.56. The van der Waals surface area contributed by atoms with Crippen molar-refractivity contribution in [2.45, 2.75) is 25.6 Å². The van der Waals surface area contributed by atoms with Crippen molar-refractivity contribution in [2.24, 2.45) is 7.05 Å². The second-order valence-electron chi connectivity index (χ2n) is 8.18. The molecule has 1 atom stereocenters. The van der Waals surface area contributed by atoms with Crippen molar-refractivity contribution >= 4 is 28.3 Å². The lowest BCUT2D eigenvalue weighted by atomic mass is 9.97. The van der Waals surface area contributed by atoms with Gasteiger partial charge in [-0.05, 0) is 37.3 Å². The molecule has 7 nitrogen and oxygen atoms in total. The number of alkyl halides is 3. The number of H-pyrrole nitrogens is 1. The molecule has 1 aliphatic rings. The van der Waals surface area contributed by atoms with Crippen molar-refractivity contribution in [1.82, 2.24) is 19.7 Å². The molecule has 0 bridgehead atoms. The zero-order chi connectivity index (χ0) is 24.2. The van der Waals surface area contributed by atoms with Crippen molar-refractivity contribution < 1.29 is 22.4 Å². The highest BCUT2D eigenvalue weighted by atomic mass is 19.4. The molecule has 34 heavy (non-hydrogen) atoms. The van der Waals surface area contributed by atoms with Crippen molar-refractivity contribution in [3.8, 4) is 0 Å². The predicted molar refractivity (Wildman–Crippen MR) is 118 cm³/mol. The molecule has 0 fully saturated rings. The molecule has 11 heteroatoms. The van der Waals surface area contributed by atoms with Gasteiger partial charge < -0.3 is 10.3 Å². The van der Waals surface area contributed by atoms with Crippen LogP contribution >= 0.6 is 0 Å². The molecule has 0 saturated heterocycles. The van der Waals surface area contributed by atoms with Crippen LogP contribution in [0.1, 0.15) is 39.8 Å². The highest BCUT2D eigenvalue weighted by Crippen LogP contribution is 2.44. The van der Waals surface area contributed by atoms with Gasteiger partial charge in [-0.25, -0.2) is 9.37 Å². The van der Waals surface area contributed by atoms with Gasteiger partial charge in [-0.15, -0.1) is 0 Å². The van der Waals surface area contributed by atoms with E-state index in [1.165, 1.54) is 17.0 Å². The van der Waals surface area contributed by atoms with Gasteiger partial charge >= 0.3 is 6.18 Å². The maximum Gasteiger partial charge on any atom is 0.390 e. The molecular formula is C23H20F4N6O. The normalized spacial score (nSPS) is 15.9. The van der Waals surface area contributed by atoms with Crippen LogP contribution in [0.15, 0.2) is 42.7 Å². The fraction of sp³-hybridized carbons (Fsp3) is 0.261. The Morgan fingerprint density at radius 3 is 2.71 bits per heavy atom. The lowest BCUT2D eigenvalue weighted by Gasteiger charge is -2.27. The smallest absolute Gasteiger partial charge is 0.385 e. The highest BCUT2D eigenvalue weighted by Gasteiger charge is 2.44. The number of halogens is 4. The van der Waals surface area contributed by atoms with Gasteiger partial charge in [-0.2, -0.15) is 18.3 Å². The number of fused-ring (bicyclic) bond motifs is 2. The van der Waals surface area contributed by atoms with Gasteiger partial charge in [0.25, 0.3) is 5.91 Å². The minimum atomic E-state index is -4.31. The van der Waals surface area contributed by atoms with Crippen molar-refractivity contribution in [3.63, 3.8) is 0 Å². The van der Waals surface area contributed by atoms with Crippen LogP contribution in [0.4, 0.5) is 28.9 Å². The van der Waals surface area contributed by atoms with E-state index in [0.29, 0.717) is 22.5 Å². The van der Waals surface area contributed by atoms with E-state index in [1.807, 2.05) is 0 Å². The number of hydrogen-bond donors (Lipinski definition) is 2. The fourth-order valence-corrected chi connectivity index (χ4v) is 4.31. The minimum Gasteiger partial charge on any atom is -0.385 e. The van der Waals surface area contributed by atoms with Crippen LogP contribution in [0.5, 0.6) is 0 Å². The first-order valence-electron chi connectivity index (χ1n) is 10.5. The number of hydrogen-bond acceptors (Lipinski definition) is 4. The Labute approximate surface area is 191 Å². The second kappa shape index (κ2) is 7.86. The second-order valence-corrected chi connectivity index (χ2v) is 8.18. The molecule has 1 unspecified atom stereocenters. The number of aromatic nitrogens is 4. The average molecular weight is 472 g/mol.